The van der Waals surface area contributed by atoms with Gasteiger partial charge in [0.05, 0.1) is 6.26 Å². The fourth-order valence-electron chi connectivity index (χ4n) is 0.871. The molecule has 1 rings (SSSR count). The minimum absolute atomic E-state index is 0.0960. The van der Waals surface area contributed by atoms with Gasteiger partial charge in [0, 0.05) is 13.1 Å². The normalized spacial score (nSPS) is 10.8. The molecule has 0 atom stereocenters. The molecule has 1 heterocycles. The maximum absolute atomic E-state index is 11.2. The van der Waals surface area contributed by atoms with Crippen LogP contribution in [0.2, 0.25) is 0 Å². The van der Waals surface area contributed by atoms with Crippen molar-refractivity contribution >= 4 is 16.0 Å². The first-order chi connectivity index (χ1) is 6.92. The van der Waals surface area contributed by atoms with E-state index in [-0.39, 0.29) is 11.6 Å². The summed E-state index contributed by atoms with van der Waals surface area (Å²) in [5.74, 6) is -0.535. The zero-order chi connectivity index (χ0) is 11.5. The standard InChI is InChI=1S/C8H10N2O4S/c1-9-8(11)6-4-3-5-7(10-6)14-15(2,12)13/h3-5H,1-2H3,(H,9,11). The van der Waals surface area contributed by atoms with Crippen LogP contribution in [0.15, 0.2) is 18.2 Å². The van der Waals surface area contributed by atoms with Crippen LogP contribution in [0, 0.1) is 0 Å². The minimum atomic E-state index is -3.62. The summed E-state index contributed by atoms with van der Waals surface area (Å²) in [4.78, 5) is 14.9. The topological polar surface area (TPSA) is 85.4 Å². The molecule has 0 saturated heterocycles. The number of nitrogens with one attached hydrogen (secondary N) is 1. The molecule has 0 saturated carbocycles. The van der Waals surface area contributed by atoms with Gasteiger partial charge in [-0.2, -0.15) is 8.42 Å². The van der Waals surface area contributed by atoms with E-state index in [0.717, 1.165) is 6.26 Å². The fourth-order valence-corrected chi connectivity index (χ4v) is 1.27. The SMILES string of the molecule is CNC(=O)c1cccc(OS(C)(=O)=O)n1. The van der Waals surface area contributed by atoms with Crippen LogP contribution in [-0.2, 0) is 10.1 Å². The van der Waals surface area contributed by atoms with Crippen molar-refractivity contribution in [1.29, 1.82) is 0 Å². The monoisotopic (exact) mass is 230 g/mol. The lowest BCUT2D eigenvalue weighted by Gasteiger charge is -2.03. The van der Waals surface area contributed by atoms with Gasteiger partial charge in [-0.05, 0) is 6.07 Å². The lowest BCUT2D eigenvalue weighted by molar-refractivity contribution is 0.0957. The minimum Gasteiger partial charge on any atom is -0.362 e. The van der Waals surface area contributed by atoms with Crippen molar-refractivity contribution in [2.75, 3.05) is 13.3 Å². The summed E-state index contributed by atoms with van der Waals surface area (Å²) in [7, 11) is -2.17. The van der Waals surface area contributed by atoms with Gasteiger partial charge in [0.2, 0.25) is 5.88 Å². The van der Waals surface area contributed by atoms with Crippen LogP contribution in [-0.4, -0.2) is 32.6 Å². The smallest absolute Gasteiger partial charge is 0.307 e. The Morgan fingerprint density at radius 1 is 1.47 bits per heavy atom. The summed E-state index contributed by atoms with van der Waals surface area (Å²) in [5, 5.41) is 2.36. The number of amides is 1. The van der Waals surface area contributed by atoms with Gasteiger partial charge in [-0.1, -0.05) is 6.07 Å². The second kappa shape index (κ2) is 4.26. The van der Waals surface area contributed by atoms with Gasteiger partial charge >= 0.3 is 10.1 Å². The third kappa shape index (κ3) is 3.55. The lowest BCUT2D eigenvalue weighted by atomic mass is 10.3. The summed E-state index contributed by atoms with van der Waals surface area (Å²) in [6.45, 7) is 0. The Labute approximate surface area is 87.4 Å². The molecule has 7 heteroatoms. The molecule has 1 aromatic heterocycles. The van der Waals surface area contributed by atoms with E-state index >= 15 is 0 Å². The van der Waals surface area contributed by atoms with Crippen molar-refractivity contribution < 1.29 is 17.4 Å². The van der Waals surface area contributed by atoms with E-state index in [1.165, 1.54) is 25.2 Å². The van der Waals surface area contributed by atoms with Gasteiger partial charge in [0.1, 0.15) is 5.69 Å². The molecule has 1 N–H and O–H groups in total. The maximum Gasteiger partial charge on any atom is 0.307 e. The van der Waals surface area contributed by atoms with Gasteiger partial charge in [0.15, 0.2) is 0 Å². The van der Waals surface area contributed by atoms with Gasteiger partial charge in [-0.25, -0.2) is 4.98 Å². The van der Waals surface area contributed by atoms with E-state index in [1.54, 1.807) is 0 Å². The highest BCUT2D eigenvalue weighted by Crippen LogP contribution is 2.09. The van der Waals surface area contributed by atoms with E-state index in [9.17, 15) is 13.2 Å². The van der Waals surface area contributed by atoms with Crippen LogP contribution >= 0.6 is 0 Å². The van der Waals surface area contributed by atoms with Crippen LogP contribution in [0.4, 0.5) is 0 Å². The number of carbonyl (C=O) groups is 1. The number of carbonyl (C=O) groups excluding carboxylic acids is 1. The molecule has 6 nitrogen and oxygen atoms in total. The molecule has 0 radical (unpaired) electrons. The first-order valence-electron chi connectivity index (χ1n) is 4.01. The van der Waals surface area contributed by atoms with Gasteiger partial charge in [-0.15, -0.1) is 0 Å². The van der Waals surface area contributed by atoms with Crippen molar-refractivity contribution in [1.82, 2.24) is 10.3 Å². The predicted octanol–water partition coefficient (Wildman–Crippen LogP) is -0.220. The molecule has 82 valence electrons. The average Bonchev–Trinajstić information content (AvgIpc) is 2.14. The van der Waals surface area contributed by atoms with Crippen molar-refractivity contribution in [3.63, 3.8) is 0 Å². The van der Waals surface area contributed by atoms with Crippen LogP contribution in [0.1, 0.15) is 10.5 Å². The summed E-state index contributed by atoms with van der Waals surface area (Å²) >= 11 is 0. The van der Waals surface area contributed by atoms with Crippen LogP contribution in [0.25, 0.3) is 0 Å². The molecule has 0 aromatic carbocycles. The van der Waals surface area contributed by atoms with Crippen molar-refractivity contribution in [3.05, 3.63) is 23.9 Å². The Morgan fingerprint density at radius 3 is 2.67 bits per heavy atom. The second-order valence-electron chi connectivity index (χ2n) is 2.73. The van der Waals surface area contributed by atoms with Gasteiger partial charge in [-0.3, -0.25) is 4.79 Å². The molecule has 1 aromatic rings. The first-order valence-corrected chi connectivity index (χ1v) is 5.82. The largest absolute Gasteiger partial charge is 0.362 e. The summed E-state index contributed by atoms with van der Waals surface area (Å²) in [6, 6.07) is 4.29. The summed E-state index contributed by atoms with van der Waals surface area (Å²) in [5.41, 5.74) is 0.0960. The highest BCUT2D eigenvalue weighted by molar-refractivity contribution is 7.86. The number of hydrogen-bond acceptors (Lipinski definition) is 5. The predicted molar refractivity (Wildman–Crippen MR) is 53.1 cm³/mol. The van der Waals surface area contributed by atoms with E-state index in [2.05, 4.69) is 14.5 Å². The zero-order valence-corrected chi connectivity index (χ0v) is 9.04. The summed E-state index contributed by atoms with van der Waals surface area (Å²) in [6.07, 6.45) is 0.904. The molecular formula is C8H10N2O4S. The molecule has 0 aliphatic carbocycles. The molecule has 0 fully saturated rings. The van der Waals surface area contributed by atoms with Crippen molar-refractivity contribution in [2.45, 2.75) is 0 Å². The van der Waals surface area contributed by atoms with E-state index in [1.807, 2.05) is 0 Å². The van der Waals surface area contributed by atoms with Gasteiger partial charge in [0.25, 0.3) is 5.91 Å². The quantitative estimate of drug-likeness (QED) is 0.725. The Hall–Kier alpha value is -1.63. The third-order valence-corrected chi connectivity index (χ3v) is 1.89. The Balaban J connectivity index is 2.98. The average molecular weight is 230 g/mol. The van der Waals surface area contributed by atoms with Crippen LogP contribution in [0.5, 0.6) is 5.88 Å². The highest BCUT2D eigenvalue weighted by atomic mass is 32.2. The molecule has 0 spiro atoms. The number of hydrogen-bond donors (Lipinski definition) is 1. The first kappa shape index (κ1) is 11.4. The number of pyridine rings is 1. The molecule has 0 aliphatic heterocycles. The Kier molecular flexibility index (Phi) is 3.25. The second-order valence-corrected chi connectivity index (χ2v) is 4.30. The van der Waals surface area contributed by atoms with E-state index in [4.69, 9.17) is 0 Å². The number of aromatic nitrogens is 1. The van der Waals surface area contributed by atoms with Crippen molar-refractivity contribution in [3.8, 4) is 5.88 Å². The van der Waals surface area contributed by atoms with Crippen LogP contribution < -0.4 is 9.50 Å². The molecule has 0 bridgehead atoms. The van der Waals surface area contributed by atoms with Crippen LogP contribution in [0.3, 0.4) is 0 Å². The fraction of sp³-hybridized carbons (Fsp3) is 0.250. The molecular weight excluding hydrogens is 220 g/mol. The van der Waals surface area contributed by atoms with E-state index < -0.39 is 16.0 Å². The van der Waals surface area contributed by atoms with E-state index in [0.29, 0.717) is 0 Å². The molecule has 0 unspecified atom stereocenters. The Morgan fingerprint density at radius 2 is 2.13 bits per heavy atom. The number of nitrogens with zero attached hydrogens (tertiary/aromatic N) is 1. The number of rotatable bonds is 3. The lowest BCUT2D eigenvalue weighted by Crippen LogP contribution is -2.19. The third-order valence-electron chi connectivity index (χ3n) is 1.42. The zero-order valence-electron chi connectivity index (χ0n) is 8.22. The highest BCUT2D eigenvalue weighted by Gasteiger charge is 2.09. The molecule has 15 heavy (non-hydrogen) atoms. The molecule has 1 amide bonds. The van der Waals surface area contributed by atoms with Gasteiger partial charge < -0.3 is 9.50 Å². The summed E-state index contributed by atoms with van der Waals surface area (Å²) < 4.78 is 26.1. The molecule has 0 aliphatic rings. The maximum atomic E-state index is 11.2. The van der Waals surface area contributed by atoms with Crippen molar-refractivity contribution in [2.24, 2.45) is 0 Å². The Bertz CT molecular complexity index is 469.